The molecule has 104 valence electrons. The van der Waals surface area contributed by atoms with Gasteiger partial charge in [-0.3, -0.25) is 9.48 Å². The molecule has 0 fully saturated rings. The van der Waals surface area contributed by atoms with Crippen LogP contribution in [0, 0.1) is 5.92 Å². The van der Waals surface area contributed by atoms with E-state index in [2.05, 4.69) is 26.8 Å². The summed E-state index contributed by atoms with van der Waals surface area (Å²) in [5.41, 5.74) is 2.32. The average molecular weight is 271 g/mol. The van der Waals surface area contributed by atoms with E-state index in [-0.39, 0.29) is 11.8 Å². The quantitative estimate of drug-likeness (QED) is 0.862. The maximum absolute atomic E-state index is 12.2. The van der Waals surface area contributed by atoms with Crippen molar-refractivity contribution in [1.29, 1.82) is 0 Å². The van der Waals surface area contributed by atoms with Gasteiger partial charge in [-0.15, -0.1) is 0 Å². The van der Waals surface area contributed by atoms with Crippen LogP contribution in [0.15, 0.2) is 30.6 Å². The zero-order chi connectivity index (χ0) is 13.9. The highest BCUT2D eigenvalue weighted by Crippen LogP contribution is 2.24. The number of amides is 1. The highest BCUT2D eigenvalue weighted by molar-refractivity contribution is 5.80. The molecule has 1 aliphatic rings. The lowest BCUT2D eigenvalue weighted by Crippen LogP contribution is -2.38. The minimum atomic E-state index is -0.0476. The third kappa shape index (κ3) is 2.64. The Morgan fingerprint density at radius 1 is 1.50 bits per heavy atom. The number of aromatic nitrogens is 3. The molecule has 0 aliphatic carbocycles. The van der Waals surface area contributed by atoms with Crippen molar-refractivity contribution >= 4 is 11.6 Å². The summed E-state index contributed by atoms with van der Waals surface area (Å²) in [5.74, 6) is 0.623. The zero-order valence-electron chi connectivity index (χ0n) is 11.3. The van der Waals surface area contributed by atoms with E-state index >= 15 is 0 Å². The molecule has 6 heteroatoms. The van der Waals surface area contributed by atoms with Gasteiger partial charge in [0.15, 0.2) is 5.82 Å². The van der Waals surface area contributed by atoms with Crippen molar-refractivity contribution in [2.24, 2.45) is 13.0 Å². The van der Waals surface area contributed by atoms with Gasteiger partial charge in [-0.2, -0.15) is 5.10 Å². The standard InChI is InChI=1S/C14H17N5O/c1-19-9-17-13(18-19)8-16-14(20)11-6-10-4-2-3-5-12(10)15-7-11/h2-5,9,11,15H,6-8H2,1H3,(H,16,20). The molecule has 0 radical (unpaired) electrons. The lowest BCUT2D eigenvalue weighted by Gasteiger charge is -2.25. The molecule has 1 aromatic heterocycles. The van der Waals surface area contributed by atoms with E-state index in [1.807, 2.05) is 18.2 Å². The summed E-state index contributed by atoms with van der Waals surface area (Å²) in [6, 6.07) is 8.10. The maximum Gasteiger partial charge on any atom is 0.225 e. The fraction of sp³-hybridized carbons (Fsp3) is 0.357. The van der Waals surface area contributed by atoms with Crippen LogP contribution in [0.1, 0.15) is 11.4 Å². The Hall–Kier alpha value is -2.37. The SMILES string of the molecule is Cn1cnc(CNC(=O)C2CNc3ccccc3C2)n1. The lowest BCUT2D eigenvalue weighted by molar-refractivity contribution is -0.124. The summed E-state index contributed by atoms with van der Waals surface area (Å²) in [6.45, 7) is 1.04. The van der Waals surface area contributed by atoms with E-state index in [1.165, 1.54) is 5.56 Å². The van der Waals surface area contributed by atoms with Crippen LogP contribution < -0.4 is 10.6 Å². The van der Waals surface area contributed by atoms with Gasteiger partial charge in [-0.05, 0) is 18.1 Å². The first-order chi connectivity index (χ1) is 9.72. The number of anilines is 1. The van der Waals surface area contributed by atoms with Crippen LogP contribution in [0.25, 0.3) is 0 Å². The summed E-state index contributed by atoms with van der Waals surface area (Å²) in [4.78, 5) is 16.3. The van der Waals surface area contributed by atoms with Crippen molar-refractivity contribution in [3.63, 3.8) is 0 Å². The molecule has 20 heavy (non-hydrogen) atoms. The van der Waals surface area contributed by atoms with Crippen molar-refractivity contribution in [2.75, 3.05) is 11.9 Å². The molecule has 1 aliphatic heterocycles. The van der Waals surface area contributed by atoms with E-state index in [1.54, 1.807) is 18.1 Å². The molecule has 2 N–H and O–H groups in total. The van der Waals surface area contributed by atoms with Crippen LogP contribution in [0.5, 0.6) is 0 Å². The fourth-order valence-electron chi connectivity index (χ4n) is 2.40. The number of aryl methyl sites for hydroxylation is 1. The van der Waals surface area contributed by atoms with Gasteiger partial charge in [0, 0.05) is 19.3 Å². The van der Waals surface area contributed by atoms with Crippen LogP contribution in [0.2, 0.25) is 0 Å². The molecular formula is C14H17N5O. The van der Waals surface area contributed by atoms with Crippen molar-refractivity contribution in [1.82, 2.24) is 20.1 Å². The second-order valence-electron chi connectivity index (χ2n) is 4.99. The van der Waals surface area contributed by atoms with Crippen LogP contribution in [-0.4, -0.2) is 27.2 Å². The van der Waals surface area contributed by atoms with Crippen molar-refractivity contribution in [3.8, 4) is 0 Å². The Morgan fingerprint density at radius 2 is 2.35 bits per heavy atom. The molecule has 2 aromatic rings. The second kappa shape index (κ2) is 5.32. The molecule has 1 atom stereocenters. The molecule has 6 nitrogen and oxygen atoms in total. The van der Waals surface area contributed by atoms with Crippen LogP contribution in [-0.2, 0) is 24.8 Å². The first kappa shape index (κ1) is 12.7. The number of nitrogens with zero attached hydrogens (tertiary/aromatic N) is 3. The van der Waals surface area contributed by atoms with Crippen molar-refractivity contribution < 1.29 is 4.79 Å². The van der Waals surface area contributed by atoms with Crippen LogP contribution >= 0.6 is 0 Å². The van der Waals surface area contributed by atoms with Gasteiger partial charge in [-0.25, -0.2) is 4.98 Å². The maximum atomic E-state index is 12.2. The van der Waals surface area contributed by atoms with E-state index in [0.717, 1.165) is 12.1 Å². The molecule has 0 spiro atoms. The number of rotatable bonds is 3. The Bertz CT molecular complexity index is 622. The van der Waals surface area contributed by atoms with Gasteiger partial charge in [0.2, 0.25) is 5.91 Å². The summed E-state index contributed by atoms with van der Waals surface area (Å²) < 4.78 is 1.62. The normalized spacial score (nSPS) is 17.1. The van der Waals surface area contributed by atoms with E-state index in [0.29, 0.717) is 18.9 Å². The summed E-state index contributed by atoms with van der Waals surface area (Å²) in [6.07, 6.45) is 2.39. The number of carbonyl (C=O) groups is 1. The zero-order valence-corrected chi connectivity index (χ0v) is 11.3. The molecule has 1 unspecified atom stereocenters. The highest BCUT2D eigenvalue weighted by atomic mass is 16.1. The molecule has 0 bridgehead atoms. The van der Waals surface area contributed by atoms with E-state index in [4.69, 9.17) is 0 Å². The minimum absolute atomic E-state index is 0.0412. The molecule has 2 heterocycles. The third-order valence-corrected chi connectivity index (χ3v) is 3.46. The number of carbonyl (C=O) groups excluding carboxylic acids is 1. The first-order valence-corrected chi connectivity index (χ1v) is 6.66. The minimum Gasteiger partial charge on any atom is -0.384 e. The predicted octanol–water partition coefficient (Wildman–Crippen LogP) is 0.716. The topological polar surface area (TPSA) is 71.8 Å². The lowest BCUT2D eigenvalue weighted by atomic mass is 9.93. The van der Waals surface area contributed by atoms with E-state index in [9.17, 15) is 4.79 Å². The summed E-state index contributed by atoms with van der Waals surface area (Å²) in [5, 5.41) is 10.3. The molecule has 1 aromatic carbocycles. The first-order valence-electron chi connectivity index (χ1n) is 6.66. The van der Waals surface area contributed by atoms with Crippen molar-refractivity contribution in [3.05, 3.63) is 42.0 Å². The Labute approximate surface area is 117 Å². The Balaban J connectivity index is 1.59. The highest BCUT2D eigenvalue weighted by Gasteiger charge is 2.24. The monoisotopic (exact) mass is 271 g/mol. The van der Waals surface area contributed by atoms with Gasteiger partial charge < -0.3 is 10.6 Å². The van der Waals surface area contributed by atoms with Crippen LogP contribution in [0.4, 0.5) is 5.69 Å². The number of fused-ring (bicyclic) bond motifs is 1. The van der Waals surface area contributed by atoms with Gasteiger partial charge in [0.05, 0.1) is 12.5 Å². The second-order valence-corrected chi connectivity index (χ2v) is 4.99. The average Bonchev–Trinajstić information content (AvgIpc) is 2.90. The van der Waals surface area contributed by atoms with Gasteiger partial charge >= 0.3 is 0 Å². The number of hydrogen-bond donors (Lipinski definition) is 2. The number of para-hydroxylation sites is 1. The largest absolute Gasteiger partial charge is 0.384 e. The third-order valence-electron chi connectivity index (χ3n) is 3.46. The summed E-state index contributed by atoms with van der Waals surface area (Å²) in [7, 11) is 1.81. The van der Waals surface area contributed by atoms with E-state index < -0.39 is 0 Å². The molecule has 0 saturated heterocycles. The van der Waals surface area contributed by atoms with Gasteiger partial charge in [0.25, 0.3) is 0 Å². The van der Waals surface area contributed by atoms with Crippen molar-refractivity contribution in [2.45, 2.75) is 13.0 Å². The Morgan fingerprint density at radius 3 is 3.15 bits per heavy atom. The summed E-state index contributed by atoms with van der Waals surface area (Å²) >= 11 is 0. The Kier molecular flexibility index (Phi) is 3.37. The molecule has 0 saturated carbocycles. The smallest absolute Gasteiger partial charge is 0.225 e. The molecule has 3 rings (SSSR count). The molecule has 1 amide bonds. The number of benzene rings is 1. The van der Waals surface area contributed by atoms with Crippen LogP contribution in [0.3, 0.4) is 0 Å². The molecular weight excluding hydrogens is 254 g/mol. The van der Waals surface area contributed by atoms with Gasteiger partial charge in [0.1, 0.15) is 6.33 Å². The number of nitrogens with one attached hydrogen (secondary N) is 2. The number of hydrogen-bond acceptors (Lipinski definition) is 4. The fourth-order valence-corrected chi connectivity index (χ4v) is 2.40. The van der Waals surface area contributed by atoms with Gasteiger partial charge in [-0.1, -0.05) is 18.2 Å². The predicted molar refractivity (Wildman–Crippen MR) is 75.0 cm³/mol.